The van der Waals surface area contributed by atoms with Gasteiger partial charge in [0, 0.05) is 11.1 Å². The molecule has 0 aliphatic heterocycles. The molecular weight excluding hydrogens is 308 g/mol. The number of hydrogen-bond acceptors (Lipinski definition) is 5. The van der Waals surface area contributed by atoms with Gasteiger partial charge in [0.2, 0.25) is 0 Å². The van der Waals surface area contributed by atoms with Crippen molar-refractivity contribution in [3.05, 3.63) is 28.3 Å². The number of benzene rings is 1. The second kappa shape index (κ2) is 7.71. The molecule has 0 amide bonds. The number of phenols is 2. The predicted molar refractivity (Wildman–Crippen MR) is 94.1 cm³/mol. The Morgan fingerprint density at radius 1 is 1.12 bits per heavy atom. The van der Waals surface area contributed by atoms with Crippen LogP contribution in [0, 0.1) is 0 Å². The first-order valence-electron chi connectivity index (χ1n) is 7.99. The molecule has 1 aromatic rings. The van der Waals surface area contributed by atoms with Gasteiger partial charge in [0.25, 0.3) is 0 Å². The lowest BCUT2D eigenvalue weighted by Gasteiger charge is -2.22. The molecule has 1 aromatic carbocycles. The maximum atomic E-state index is 12.0. The van der Waals surface area contributed by atoms with Crippen molar-refractivity contribution in [3.63, 3.8) is 0 Å². The molecule has 5 heteroatoms. The number of methoxy groups -OCH3 is 1. The molecule has 0 heterocycles. The van der Waals surface area contributed by atoms with Crippen LogP contribution in [0.3, 0.4) is 0 Å². The topological polar surface area (TPSA) is 87.0 Å². The number of hydrogen-bond donors (Lipinski definition) is 3. The van der Waals surface area contributed by atoms with Gasteiger partial charge in [-0.1, -0.05) is 11.6 Å². The summed E-state index contributed by atoms with van der Waals surface area (Å²) in [6, 6.07) is 0. The highest BCUT2D eigenvalue weighted by Gasteiger charge is 2.27. The molecule has 5 nitrogen and oxygen atoms in total. The lowest BCUT2D eigenvalue weighted by Crippen LogP contribution is -2.19. The molecule has 0 spiro atoms. The third-order valence-corrected chi connectivity index (χ3v) is 3.85. The monoisotopic (exact) mass is 336 g/mol. The number of Topliss-reactive ketones (excluding diaryl/α,β-unsaturated/α-hetero) is 1. The molecule has 0 fully saturated rings. The van der Waals surface area contributed by atoms with Crippen LogP contribution in [0.25, 0.3) is 0 Å². The van der Waals surface area contributed by atoms with E-state index in [1.165, 1.54) is 14.0 Å². The van der Waals surface area contributed by atoms with Crippen LogP contribution >= 0.6 is 0 Å². The number of aromatic hydroxyl groups is 2. The number of rotatable bonds is 7. The highest BCUT2D eigenvalue weighted by Crippen LogP contribution is 2.44. The van der Waals surface area contributed by atoms with Crippen LogP contribution in [-0.2, 0) is 12.8 Å². The fourth-order valence-electron chi connectivity index (χ4n) is 2.53. The van der Waals surface area contributed by atoms with Crippen molar-refractivity contribution >= 4 is 5.78 Å². The van der Waals surface area contributed by atoms with Crippen molar-refractivity contribution < 1.29 is 24.9 Å². The van der Waals surface area contributed by atoms with Crippen LogP contribution < -0.4 is 4.74 Å². The summed E-state index contributed by atoms with van der Waals surface area (Å²) in [5.41, 5.74) is 0.907. The van der Waals surface area contributed by atoms with Gasteiger partial charge in [-0.25, -0.2) is 0 Å². The van der Waals surface area contributed by atoms with Crippen LogP contribution in [0.15, 0.2) is 11.6 Å². The zero-order chi connectivity index (χ0) is 18.7. The van der Waals surface area contributed by atoms with Crippen molar-refractivity contribution in [1.29, 1.82) is 0 Å². The van der Waals surface area contributed by atoms with E-state index in [1.807, 2.05) is 19.9 Å². The fourth-order valence-corrected chi connectivity index (χ4v) is 2.53. The van der Waals surface area contributed by atoms with Gasteiger partial charge >= 0.3 is 0 Å². The van der Waals surface area contributed by atoms with Crippen LogP contribution in [0.1, 0.15) is 62.5 Å². The maximum Gasteiger partial charge on any atom is 0.167 e. The minimum atomic E-state index is -0.925. The number of phenolic OH excluding ortho intramolecular Hbond substituents is 2. The zero-order valence-corrected chi connectivity index (χ0v) is 15.4. The first-order valence-corrected chi connectivity index (χ1v) is 7.99. The molecule has 0 aromatic heterocycles. The normalized spacial score (nSPS) is 11.3. The van der Waals surface area contributed by atoms with Gasteiger partial charge in [-0.15, -0.1) is 0 Å². The van der Waals surface area contributed by atoms with E-state index in [0.717, 1.165) is 5.57 Å². The van der Waals surface area contributed by atoms with Gasteiger partial charge in [-0.2, -0.15) is 0 Å². The fraction of sp³-hybridized carbons (Fsp3) is 0.526. The third-order valence-electron chi connectivity index (χ3n) is 3.85. The summed E-state index contributed by atoms with van der Waals surface area (Å²) >= 11 is 0. The van der Waals surface area contributed by atoms with Crippen molar-refractivity contribution in [2.45, 2.75) is 59.5 Å². The van der Waals surface area contributed by atoms with E-state index in [1.54, 1.807) is 13.8 Å². The van der Waals surface area contributed by atoms with Crippen LogP contribution in [0.2, 0.25) is 0 Å². The highest BCUT2D eigenvalue weighted by molar-refractivity contribution is 6.01. The minimum absolute atomic E-state index is 0.0678. The van der Waals surface area contributed by atoms with Gasteiger partial charge in [-0.05, 0) is 53.9 Å². The average molecular weight is 336 g/mol. The van der Waals surface area contributed by atoms with Gasteiger partial charge in [0.05, 0.1) is 12.7 Å². The van der Waals surface area contributed by atoms with E-state index in [0.29, 0.717) is 30.4 Å². The lowest BCUT2D eigenvalue weighted by atomic mass is 9.91. The largest absolute Gasteiger partial charge is 0.507 e. The minimum Gasteiger partial charge on any atom is -0.507 e. The second-order valence-corrected chi connectivity index (χ2v) is 6.92. The molecule has 0 bridgehead atoms. The summed E-state index contributed by atoms with van der Waals surface area (Å²) < 4.78 is 5.31. The van der Waals surface area contributed by atoms with Gasteiger partial charge in [0.1, 0.15) is 22.8 Å². The van der Waals surface area contributed by atoms with Crippen LogP contribution in [-0.4, -0.2) is 33.8 Å². The Balaban J connectivity index is 3.59. The number of allylic oxidation sites excluding steroid dienone is 2. The van der Waals surface area contributed by atoms with Crippen LogP contribution in [0.5, 0.6) is 17.2 Å². The van der Waals surface area contributed by atoms with E-state index in [2.05, 4.69) is 0 Å². The van der Waals surface area contributed by atoms with Gasteiger partial charge < -0.3 is 20.1 Å². The van der Waals surface area contributed by atoms with E-state index in [9.17, 15) is 20.1 Å². The second-order valence-electron chi connectivity index (χ2n) is 6.92. The molecular formula is C19H28O5. The van der Waals surface area contributed by atoms with E-state index >= 15 is 0 Å². The number of ketones is 1. The smallest absolute Gasteiger partial charge is 0.167 e. The molecule has 3 N–H and O–H groups in total. The van der Waals surface area contributed by atoms with Gasteiger partial charge in [-0.3, -0.25) is 4.79 Å². The molecule has 0 aliphatic rings. The molecule has 0 atom stereocenters. The molecule has 0 radical (unpaired) electrons. The quantitative estimate of drug-likeness (QED) is 0.524. The number of aliphatic hydroxyl groups is 1. The Kier molecular flexibility index (Phi) is 6.43. The summed E-state index contributed by atoms with van der Waals surface area (Å²) in [4.78, 5) is 12.0. The molecule has 0 saturated carbocycles. The van der Waals surface area contributed by atoms with E-state index < -0.39 is 5.60 Å². The Hall–Kier alpha value is -2.01. The summed E-state index contributed by atoms with van der Waals surface area (Å²) in [7, 11) is 1.39. The Morgan fingerprint density at radius 3 is 2.12 bits per heavy atom. The van der Waals surface area contributed by atoms with Crippen molar-refractivity contribution in [2.24, 2.45) is 0 Å². The number of carbonyl (C=O) groups excluding carboxylic acids is 1. The van der Waals surface area contributed by atoms with Crippen molar-refractivity contribution in [2.75, 3.05) is 7.11 Å². The summed E-state index contributed by atoms with van der Waals surface area (Å²) in [6.07, 6.45) is 2.87. The molecule has 0 unspecified atom stereocenters. The van der Waals surface area contributed by atoms with Gasteiger partial charge in [0.15, 0.2) is 5.78 Å². The molecule has 134 valence electrons. The number of ether oxygens (including phenoxy) is 1. The SMILES string of the molecule is COc1c(CCC(C)(C)O)c(O)c(CC=C(C)C)c(O)c1C(C)=O. The summed E-state index contributed by atoms with van der Waals surface area (Å²) in [5, 5.41) is 31.1. The predicted octanol–water partition coefficient (Wildman–Crippen LogP) is 3.52. The zero-order valence-electron chi connectivity index (χ0n) is 15.4. The Bertz CT molecular complexity index is 647. The first-order chi connectivity index (χ1) is 11.0. The third kappa shape index (κ3) is 4.74. The Morgan fingerprint density at radius 2 is 1.71 bits per heavy atom. The van der Waals surface area contributed by atoms with Crippen molar-refractivity contribution in [1.82, 2.24) is 0 Å². The number of carbonyl (C=O) groups is 1. The molecule has 0 saturated heterocycles. The lowest BCUT2D eigenvalue weighted by molar-refractivity contribution is 0.0711. The first kappa shape index (κ1) is 20.0. The molecule has 1 rings (SSSR count). The molecule has 0 aliphatic carbocycles. The summed E-state index contributed by atoms with van der Waals surface area (Å²) in [6.45, 7) is 8.52. The highest BCUT2D eigenvalue weighted by atomic mass is 16.5. The van der Waals surface area contributed by atoms with E-state index in [4.69, 9.17) is 4.74 Å². The standard InChI is InChI=1S/C19H28O5/c1-11(2)7-8-13-16(21)14(9-10-19(4,5)23)18(24-6)15(12(3)20)17(13)22/h7,21-23H,8-10H2,1-6H3. The van der Waals surface area contributed by atoms with E-state index in [-0.39, 0.29) is 28.6 Å². The van der Waals surface area contributed by atoms with Crippen LogP contribution in [0.4, 0.5) is 0 Å². The Labute approximate surface area is 143 Å². The van der Waals surface area contributed by atoms with Crippen molar-refractivity contribution in [3.8, 4) is 17.2 Å². The summed E-state index contributed by atoms with van der Waals surface area (Å²) in [5.74, 6) is -0.507. The maximum absolute atomic E-state index is 12.0. The molecule has 24 heavy (non-hydrogen) atoms. The average Bonchev–Trinajstić information content (AvgIpc) is 2.43.